The number of ether oxygens (including phenoxy) is 2. The van der Waals surface area contributed by atoms with Gasteiger partial charge in [0.25, 0.3) is 0 Å². The van der Waals surface area contributed by atoms with Crippen molar-refractivity contribution in [2.24, 2.45) is 0 Å². The number of anilines is 1. The molecule has 96 valence electrons. The van der Waals surface area contributed by atoms with Crippen molar-refractivity contribution in [1.82, 2.24) is 5.16 Å². The van der Waals surface area contributed by atoms with E-state index in [-0.39, 0.29) is 0 Å². The minimum Gasteiger partial charge on any atom is -0.493 e. The summed E-state index contributed by atoms with van der Waals surface area (Å²) < 4.78 is 16.7. The number of nitrogen functional groups attached to an aromatic ring is 1. The average molecular weight is 313 g/mol. The molecular formula is C12H13BrN2O3. The summed E-state index contributed by atoms with van der Waals surface area (Å²) in [5, 5.41) is 3.68. The molecule has 2 aromatic rings. The van der Waals surface area contributed by atoms with E-state index in [1.165, 1.54) is 0 Å². The van der Waals surface area contributed by atoms with Crippen molar-refractivity contribution < 1.29 is 14.0 Å². The highest BCUT2D eigenvalue weighted by Gasteiger charge is 2.21. The van der Waals surface area contributed by atoms with Gasteiger partial charge >= 0.3 is 0 Å². The Morgan fingerprint density at radius 3 is 2.50 bits per heavy atom. The number of nitrogens with two attached hydrogens (primary N) is 1. The van der Waals surface area contributed by atoms with Crippen LogP contribution in [0.2, 0.25) is 0 Å². The molecular weight excluding hydrogens is 300 g/mol. The van der Waals surface area contributed by atoms with Gasteiger partial charge in [-0.3, -0.25) is 0 Å². The first-order valence-electron chi connectivity index (χ1n) is 5.22. The summed E-state index contributed by atoms with van der Waals surface area (Å²) in [5.41, 5.74) is 7.31. The lowest BCUT2D eigenvalue weighted by Crippen LogP contribution is -1.95. The number of hydrogen-bond donors (Lipinski definition) is 1. The zero-order chi connectivity index (χ0) is 13.3. The molecule has 0 aliphatic rings. The van der Waals surface area contributed by atoms with Gasteiger partial charge in [0.1, 0.15) is 0 Å². The molecule has 2 rings (SSSR count). The first-order valence-corrected chi connectivity index (χ1v) is 6.01. The Kier molecular flexibility index (Phi) is 3.47. The van der Waals surface area contributed by atoms with Crippen molar-refractivity contribution in [3.05, 3.63) is 22.2 Å². The van der Waals surface area contributed by atoms with E-state index in [9.17, 15) is 0 Å². The molecule has 0 unspecified atom stereocenters. The van der Waals surface area contributed by atoms with E-state index >= 15 is 0 Å². The van der Waals surface area contributed by atoms with Crippen molar-refractivity contribution in [3.63, 3.8) is 0 Å². The summed E-state index contributed by atoms with van der Waals surface area (Å²) in [5.74, 6) is 2.05. The van der Waals surface area contributed by atoms with Gasteiger partial charge in [0, 0.05) is 10.5 Å². The highest BCUT2D eigenvalue weighted by molar-refractivity contribution is 9.10. The SMILES string of the molecule is COc1cc(C)c(Br)c(-c2cc(N)no2)c1OC. The molecule has 0 fully saturated rings. The molecule has 1 aromatic heterocycles. The van der Waals surface area contributed by atoms with Crippen LogP contribution in [0.3, 0.4) is 0 Å². The Hall–Kier alpha value is -1.69. The number of benzene rings is 1. The molecule has 0 atom stereocenters. The van der Waals surface area contributed by atoms with Gasteiger partial charge in [-0.15, -0.1) is 0 Å². The third kappa shape index (κ3) is 2.03. The second-order valence-corrected chi connectivity index (χ2v) is 4.53. The van der Waals surface area contributed by atoms with Gasteiger partial charge in [-0.1, -0.05) is 5.16 Å². The van der Waals surface area contributed by atoms with E-state index in [1.54, 1.807) is 20.3 Å². The standard InChI is InChI=1S/C12H13BrN2O3/c1-6-4-8(16-2)12(17-3)10(11(6)13)7-5-9(14)15-18-7/h4-5H,1-3H3,(H2,14,15). The third-order valence-electron chi connectivity index (χ3n) is 2.56. The molecule has 0 aliphatic heterocycles. The Morgan fingerprint density at radius 2 is 2.00 bits per heavy atom. The largest absolute Gasteiger partial charge is 0.493 e. The van der Waals surface area contributed by atoms with Crippen molar-refractivity contribution in [2.45, 2.75) is 6.92 Å². The maximum atomic E-state index is 5.57. The minimum atomic E-state index is 0.319. The normalized spacial score (nSPS) is 10.4. The van der Waals surface area contributed by atoms with E-state index in [0.717, 1.165) is 15.6 Å². The van der Waals surface area contributed by atoms with Gasteiger partial charge in [-0.25, -0.2) is 0 Å². The van der Waals surface area contributed by atoms with Crippen LogP contribution in [0.4, 0.5) is 5.82 Å². The second kappa shape index (κ2) is 4.89. The van der Waals surface area contributed by atoms with Gasteiger partial charge in [0.15, 0.2) is 23.1 Å². The fourth-order valence-electron chi connectivity index (χ4n) is 1.73. The summed E-state index contributed by atoms with van der Waals surface area (Å²) >= 11 is 3.52. The minimum absolute atomic E-state index is 0.319. The molecule has 0 saturated heterocycles. The number of halogens is 1. The number of hydrogen-bond acceptors (Lipinski definition) is 5. The lowest BCUT2D eigenvalue weighted by atomic mass is 10.1. The van der Waals surface area contributed by atoms with Crippen LogP contribution in [0.15, 0.2) is 21.1 Å². The van der Waals surface area contributed by atoms with Gasteiger partial charge in [-0.05, 0) is 34.5 Å². The van der Waals surface area contributed by atoms with Crippen LogP contribution in [-0.2, 0) is 0 Å². The Morgan fingerprint density at radius 1 is 1.28 bits per heavy atom. The van der Waals surface area contributed by atoms with Gasteiger partial charge < -0.3 is 19.7 Å². The number of aromatic nitrogens is 1. The topological polar surface area (TPSA) is 70.5 Å². The van der Waals surface area contributed by atoms with E-state index in [2.05, 4.69) is 21.1 Å². The molecule has 18 heavy (non-hydrogen) atoms. The zero-order valence-electron chi connectivity index (χ0n) is 10.3. The lowest BCUT2D eigenvalue weighted by Gasteiger charge is -2.14. The second-order valence-electron chi connectivity index (χ2n) is 3.73. The number of methoxy groups -OCH3 is 2. The van der Waals surface area contributed by atoms with Crippen molar-refractivity contribution >= 4 is 21.7 Å². The highest BCUT2D eigenvalue weighted by Crippen LogP contribution is 2.45. The van der Waals surface area contributed by atoms with Crippen LogP contribution in [0.1, 0.15) is 5.56 Å². The fraction of sp³-hybridized carbons (Fsp3) is 0.250. The van der Waals surface area contributed by atoms with Crippen LogP contribution in [-0.4, -0.2) is 19.4 Å². The average Bonchev–Trinajstić information content (AvgIpc) is 2.78. The summed E-state index contributed by atoms with van der Waals surface area (Å²) in [6, 6.07) is 3.52. The molecule has 0 bridgehead atoms. The molecule has 1 aromatic carbocycles. The van der Waals surface area contributed by atoms with Gasteiger partial charge in [-0.2, -0.15) is 0 Å². The quantitative estimate of drug-likeness (QED) is 0.943. The first-order chi connectivity index (χ1) is 8.58. The highest BCUT2D eigenvalue weighted by atomic mass is 79.9. The summed E-state index contributed by atoms with van der Waals surface area (Å²) in [7, 11) is 3.16. The Balaban J connectivity index is 2.74. The summed E-state index contributed by atoms with van der Waals surface area (Å²) in [6.45, 7) is 1.95. The van der Waals surface area contributed by atoms with E-state index in [1.807, 2.05) is 13.0 Å². The molecule has 6 heteroatoms. The van der Waals surface area contributed by atoms with Gasteiger partial charge in [0.2, 0.25) is 0 Å². The Bertz CT molecular complexity index is 581. The van der Waals surface area contributed by atoms with Crippen LogP contribution in [0.5, 0.6) is 11.5 Å². The number of aryl methyl sites for hydroxylation is 1. The van der Waals surface area contributed by atoms with Crippen molar-refractivity contribution in [2.75, 3.05) is 20.0 Å². The Labute approximate surface area is 113 Å². The summed E-state index contributed by atoms with van der Waals surface area (Å²) in [4.78, 5) is 0. The zero-order valence-corrected chi connectivity index (χ0v) is 11.9. The maximum absolute atomic E-state index is 5.57. The molecule has 1 heterocycles. The fourth-order valence-corrected chi connectivity index (χ4v) is 2.22. The molecule has 0 aliphatic carbocycles. The van der Waals surface area contributed by atoms with Crippen molar-refractivity contribution in [3.8, 4) is 22.8 Å². The maximum Gasteiger partial charge on any atom is 0.174 e. The van der Waals surface area contributed by atoms with Crippen LogP contribution in [0, 0.1) is 6.92 Å². The van der Waals surface area contributed by atoms with Gasteiger partial charge in [0.05, 0.1) is 19.8 Å². The van der Waals surface area contributed by atoms with Crippen LogP contribution < -0.4 is 15.2 Å². The molecule has 5 nitrogen and oxygen atoms in total. The molecule has 0 radical (unpaired) electrons. The van der Waals surface area contributed by atoms with E-state index in [0.29, 0.717) is 23.1 Å². The summed E-state index contributed by atoms with van der Waals surface area (Å²) in [6.07, 6.45) is 0. The predicted octanol–water partition coefficient (Wildman–Crippen LogP) is 3.01. The first kappa shape index (κ1) is 12.8. The molecule has 2 N–H and O–H groups in total. The third-order valence-corrected chi connectivity index (χ3v) is 3.58. The molecule has 0 amide bonds. The van der Waals surface area contributed by atoms with Crippen LogP contribution in [0.25, 0.3) is 11.3 Å². The number of nitrogens with zero attached hydrogens (tertiary/aromatic N) is 1. The predicted molar refractivity (Wildman–Crippen MR) is 71.9 cm³/mol. The molecule has 0 spiro atoms. The monoisotopic (exact) mass is 312 g/mol. The lowest BCUT2D eigenvalue weighted by molar-refractivity contribution is 0.353. The van der Waals surface area contributed by atoms with E-state index in [4.69, 9.17) is 19.7 Å². The smallest absolute Gasteiger partial charge is 0.174 e. The van der Waals surface area contributed by atoms with Crippen molar-refractivity contribution in [1.29, 1.82) is 0 Å². The number of rotatable bonds is 3. The molecule has 0 saturated carbocycles. The van der Waals surface area contributed by atoms with E-state index < -0.39 is 0 Å². The van der Waals surface area contributed by atoms with Crippen LogP contribution >= 0.6 is 15.9 Å².